The Labute approximate surface area is 103 Å². The molecule has 1 N–H and O–H groups in total. The summed E-state index contributed by atoms with van der Waals surface area (Å²) in [6.45, 7) is 3.09. The highest BCUT2D eigenvalue weighted by atomic mass is 32.1. The van der Waals surface area contributed by atoms with Crippen LogP contribution < -0.4 is 0 Å². The maximum atomic E-state index is 9.44. The predicted octanol–water partition coefficient (Wildman–Crippen LogP) is 1.97. The van der Waals surface area contributed by atoms with Crippen molar-refractivity contribution in [1.29, 1.82) is 0 Å². The van der Waals surface area contributed by atoms with Gasteiger partial charge in [-0.15, -0.1) is 11.3 Å². The number of ether oxygens (including phenoxy) is 1. The molecule has 1 aliphatic heterocycles. The van der Waals surface area contributed by atoms with Gasteiger partial charge in [0.2, 0.25) is 0 Å². The summed E-state index contributed by atoms with van der Waals surface area (Å²) in [7, 11) is 0. The summed E-state index contributed by atoms with van der Waals surface area (Å²) in [5.41, 5.74) is 0.544. The van der Waals surface area contributed by atoms with E-state index >= 15 is 0 Å². The van der Waals surface area contributed by atoms with Gasteiger partial charge < -0.3 is 14.3 Å². The molecule has 0 unspecified atom stereocenters. The lowest BCUT2D eigenvalue weighted by molar-refractivity contribution is -0.0841. The smallest absolute Gasteiger partial charge is 0.153 e. The number of aliphatic hydroxyl groups is 1. The molecule has 2 aromatic rings. The van der Waals surface area contributed by atoms with Crippen LogP contribution in [0.5, 0.6) is 0 Å². The fraction of sp³-hybridized carbons (Fsp3) is 0.417. The zero-order valence-corrected chi connectivity index (χ0v) is 10.3. The van der Waals surface area contributed by atoms with Crippen LogP contribution in [-0.4, -0.2) is 29.9 Å². The van der Waals surface area contributed by atoms with Crippen molar-refractivity contribution in [2.45, 2.75) is 12.3 Å². The molecule has 5 heteroatoms. The molecule has 4 nitrogen and oxygen atoms in total. The molecule has 0 aromatic carbocycles. The average Bonchev–Trinajstić information content (AvgIpc) is 2.86. The first-order valence-electron chi connectivity index (χ1n) is 5.45. The first-order valence-corrected chi connectivity index (χ1v) is 6.33. The van der Waals surface area contributed by atoms with Crippen LogP contribution in [0.15, 0.2) is 21.9 Å². The Morgan fingerprint density at radius 3 is 2.82 bits per heavy atom. The first-order chi connectivity index (χ1) is 8.23. The molecule has 17 heavy (non-hydrogen) atoms. The highest BCUT2D eigenvalue weighted by Crippen LogP contribution is 2.36. The minimum atomic E-state index is -0.287. The fourth-order valence-corrected chi connectivity index (χ4v) is 2.81. The molecule has 2 aromatic heterocycles. The van der Waals surface area contributed by atoms with Crippen LogP contribution in [-0.2, 0) is 10.2 Å². The highest BCUT2D eigenvalue weighted by molar-refractivity contribution is 7.10. The number of thiazole rings is 1. The number of nitrogens with zero attached hydrogens (tertiary/aromatic N) is 1. The van der Waals surface area contributed by atoms with Crippen LogP contribution in [0, 0.1) is 6.92 Å². The van der Waals surface area contributed by atoms with Gasteiger partial charge in [-0.3, -0.25) is 0 Å². The molecule has 0 spiro atoms. The summed E-state index contributed by atoms with van der Waals surface area (Å²) < 4.78 is 10.7. The van der Waals surface area contributed by atoms with Gasteiger partial charge in [0.25, 0.3) is 0 Å². The van der Waals surface area contributed by atoms with E-state index in [4.69, 9.17) is 9.15 Å². The molecular weight excluding hydrogens is 238 g/mol. The Morgan fingerprint density at radius 2 is 2.29 bits per heavy atom. The van der Waals surface area contributed by atoms with E-state index in [1.807, 2.05) is 24.4 Å². The second-order valence-electron chi connectivity index (χ2n) is 4.38. The maximum Gasteiger partial charge on any atom is 0.153 e. The van der Waals surface area contributed by atoms with Crippen molar-refractivity contribution in [3.8, 4) is 11.5 Å². The van der Waals surface area contributed by atoms with Crippen LogP contribution in [0.1, 0.15) is 10.8 Å². The molecule has 0 radical (unpaired) electrons. The van der Waals surface area contributed by atoms with Gasteiger partial charge in [-0.05, 0) is 19.1 Å². The number of hydrogen-bond donors (Lipinski definition) is 1. The minimum absolute atomic E-state index is 0.0805. The summed E-state index contributed by atoms with van der Waals surface area (Å²) in [4.78, 5) is 4.54. The standard InChI is InChI=1S/C12H13NO3S/c1-8-2-3-10(16-8)9-4-17-11(13-9)12(5-14)6-15-7-12/h2-4,14H,5-7H2,1H3. The second-order valence-corrected chi connectivity index (χ2v) is 5.24. The van der Waals surface area contributed by atoms with Crippen molar-refractivity contribution >= 4 is 11.3 Å². The molecule has 0 atom stereocenters. The van der Waals surface area contributed by atoms with Gasteiger partial charge in [-0.1, -0.05) is 0 Å². The van der Waals surface area contributed by atoms with E-state index in [9.17, 15) is 5.11 Å². The zero-order chi connectivity index (χ0) is 11.9. The van der Waals surface area contributed by atoms with Gasteiger partial charge >= 0.3 is 0 Å². The van der Waals surface area contributed by atoms with Crippen molar-refractivity contribution < 1.29 is 14.3 Å². The van der Waals surface area contributed by atoms with Crippen LogP contribution in [0.3, 0.4) is 0 Å². The van der Waals surface area contributed by atoms with Gasteiger partial charge in [0.05, 0.1) is 25.2 Å². The Balaban J connectivity index is 1.92. The Hall–Kier alpha value is -1.17. The number of aromatic nitrogens is 1. The molecule has 3 rings (SSSR count). The Bertz CT molecular complexity index is 522. The van der Waals surface area contributed by atoms with E-state index < -0.39 is 0 Å². The highest BCUT2D eigenvalue weighted by Gasteiger charge is 2.42. The van der Waals surface area contributed by atoms with Gasteiger partial charge in [0.1, 0.15) is 16.5 Å². The molecule has 1 fully saturated rings. The molecule has 1 saturated heterocycles. The lowest BCUT2D eigenvalue weighted by atomic mass is 9.88. The number of aryl methyl sites for hydroxylation is 1. The minimum Gasteiger partial charge on any atom is -0.460 e. The maximum absolute atomic E-state index is 9.44. The van der Waals surface area contributed by atoms with Crippen molar-refractivity contribution in [3.05, 3.63) is 28.3 Å². The third kappa shape index (κ3) is 1.71. The van der Waals surface area contributed by atoms with E-state index in [0.717, 1.165) is 22.2 Å². The fourth-order valence-electron chi connectivity index (χ4n) is 1.83. The topological polar surface area (TPSA) is 55.5 Å². The van der Waals surface area contributed by atoms with E-state index in [1.54, 1.807) is 11.3 Å². The summed E-state index contributed by atoms with van der Waals surface area (Å²) in [6.07, 6.45) is 0. The molecule has 0 bridgehead atoms. The summed E-state index contributed by atoms with van der Waals surface area (Å²) in [5.74, 6) is 1.65. The van der Waals surface area contributed by atoms with Gasteiger partial charge in [-0.25, -0.2) is 4.98 Å². The van der Waals surface area contributed by atoms with E-state index in [2.05, 4.69) is 4.98 Å². The van der Waals surface area contributed by atoms with Crippen molar-refractivity contribution in [2.24, 2.45) is 0 Å². The number of aliphatic hydroxyl groups excluding tert-OH is 1. The molecule has 1 aliphatic rings. The predicted molar refractivity (Wildman–Crippen MR) is 64.1 cm³/mol. The normalized spacial score (nSPS) is 18.0. The first kappa shape index (κ1) is 11.0. The van der Waals surface area contributed by atoms with Crippen LogP contribution in [0.4, 0.5) is 0 Å². The monoisotopic (exact) mass is 251 g/mol. The van der Waals surface area contributed by atoms with Crippen molar-refractivity contribution in [3.63, 3.8) is 0 Å². The Morgan fingerprint density at radius 1 is 1.47 bits per heavy atom. The third-order valence-corrected chi connectivity index (χ3v) is 4.10. The van der Waals surface area contributed by atoms with Gasteiger partial charge in [0, 0.05) is 5.38 Å². The molecule has 0 saturated carbocycles. The van der Waals surface area contributed by atoms with Gasteiger partial charge in [-0.2, -0.15) is 0 Å². The number of furan rings is 1. The molecular formula is C12H13NO3S. The van der Waals surface area contributed by atoms with Gasteiger partial charge in [0.15, 0.2) is 5.76 Å². The summed E-state index contributed by atoms with van der Waals surface area (Å²) in [6, 6.07) is 3.83. The average molecular weight is 251 g/mol. The zero-order valence-electron chi connectivity index (χ0n) is 9.47. The lowest BCUT2D eigenvalue weighted by Crippen LogP contribution is -2.49. The molecule has 90 valence electrons. The number of hydrogen-bond acceptors (Lipinski definition) is 5. The summed E-state index contributed by atoms with van der Waals surface area (Å²) in [5, 5.41) is 12.3. The SMILES string of the molecule is Cc1ccc(-c2csc(C3(CO)COC3)n2)o1. The van der Waals surface area contributed by atoms with Crippen LogP contribution >= 0.6 is 11.3 Å². The van der Waals surface area contributed by atoms with E-state index in [1.165, 1.54) is 0 Å². The summed E-state index contributed by atoms with van der Waals surface area (Å²) >= 11 is 1.55. The molecule has 0 amide bonds. The van der Waals surface area contributed by atoms with Crippen molar-refractivity contribution in [2.75, 3.05) is 19.8 Å². The molecule has 3 heterocycles. The second kappa shape index (κ2) is 3.94. The largest absolute Gasteiger partial charge is 0.460 e. The van der Waals surface area contributed by atoms with Crippen molar-refractivity contribution in [1.82, 2.24) is 4.98 Å². The lowest BCUT2D eigenvalue weighted by Gasteiger charge is -2.37. The molecule has 0 aliphatic carbocycles. The third-order valence-electron chi connectivity index (χ3n) is 3.01. The van der Waals surface area contributed by atoms with Crippen LogP contribution in [0.2, 0.25) is 0 Å². The number of rotatable bonds is 3. The van der Waals surface area contributed by atoms with E-state index in [-0.39, 0.29) is 12.0 Å². The Kier molecular flexibility index (Phi) is 2.54. The van der Waals surface area contributed by atoms with E-state index in [0.29, 0.717) is 13.2 Å². The quantitative estimate of drug-likeness (QED) is 0.906. The van der Waals surface area contributed by atoms with Crippen LogP contribution in [0.25, 0.3) is 11.5 Å².